The zero-order valence-electron chi connectivity index (χ0n) is 13.2. The summed E-state index contributed by atoms with van der Waals surface area (Å²) in [7, 11) is 0. The first-order chi connectivity index (χ1) is 11.7. The zero-order chi connectivity index (χ0) is 16.5. The summed E-state index contributed by atoms with van der Waals surface area (Å²) in [6.45, 7) is 2.05. The van der Waals surface area contributed by atoms with Crippen LogP contribution in [0.3, 0.4) is 0 Å². The molecule has 0 saturated heterocycles. The van der Waals surface area contributed by atoms with Crippen molar-refractivity contribution in [3.8, 4) is 11.1 Å². The van der Waals surface area contributed by atoms with Crippen LogP contribution in [-0.4, -0.2) is 9.97 Å². The van der Waals surface area contributed by atoms with E-state index in [9.17, 15) is 0 Å². The molecule has 0 saturated carbocycles. The lowest BCUT2D eigenvalue weighted by molar-refractivity contribution is 1.15. The third kappa shape index (κ3) is 3.05. The monoisotopic (exact) mass is 350 g/mol. The normalized spacial score (nSPS) is 11.1. The second kappa shape index (κ2) is 6.34. The molecule has 0 atom stereocenters. The zero-order valence-corrected chi connectivity index (χ0v) is 14.7. The second-order valence-electron chi connectivity index (χ2n) is 5.77. The molecule has 0 fully saturated rings. The third-order valence-corrected chi connectivity index (χ3v) is 5.08. The predicted octanol–water partition coefficient (Wildman–Crippen LogP) is 5.91. The Morgan fingerprint density at radius 2 is 1.96 bits per heavy atom. The number of fused-ring (bicyclic) bond motifs is 1. The quantitative estimate of drug-likeness (QED) is 0.459. The van der Waals surface area contributed by atoms with Gasteiger partial charge in [0.15, 0.2) is 0 Å². The van der Waals surface area contributed by atoms with Gasteiger partial charge in [-0.15, -0.1) is 11.3 Å². The van der Waals surface area contributed by atoms with E-state index in [0.29, 0.717) is 0 Å². The molecule has 0 N–H and O–H groups in total. The molecule has 0 amide bonds. The Balaban J connectivity index is 1.88. The van der Waals surface area contributed by atoms with Gasteiger partial charge in [0.25, 0.3) is 0 Å². The van der Waals surface area contributed by atoms with Gasteiger partial charge in [-0.1, -0.05) is 29.8 Å². The van der Waals surface area contributed by atoms with Crippen molar-refractivity contribution in [2.24, 2.45) is 0 Å². The van der Waals surface area contributed by atoms with E-state index in [-0.39, 0.29) is 0 Å². The second-order valence-corrected chi connectivity index (χ2v) is 7.44. The van der Waals surface area contributed by atoms with Crippen LogP contribution in [0.5, 0.6) is 0 Å². The number of halogens is 1. The van der Waals surface area contributed by atoms with Gasteiger partial charge in [0.2, 0.25) is 0 Å². The van der Waals surface area contributed by atoms with Crippen molar-refractivity contribution in [1.82, 2.24) is 9.97 Å². The summed E-state index contributed by atoms with van der Waals surface area (Å²) >= 11 is 7.92. The summed E-state index contributed by atoms with van der Waals surface area (Å²) in [4.78, 5) is 8.94. The smallest absolute Gasteiger partial charge is 0.0908 e. The average molecular weight is 351 g/mol. The van der Waals surface area contributed by atoms with E-state index in [4.69, 9.17) is 16.6 Å². The molecule has 2 nitrogen and oxygen atoms in total. The van der Waals surface area contributed by atoms with Crippen molar-refractivity contribution in [3.63, 3.8) is 0 Å². The number of pyridine rings is 1. The summed E-state index contributed by atoms with van der Waals surface area (Å²) < 4.78 is 1.21. The van der Waals surface area contributed by atoms with Gasteiger partial charge >= 0.3 is 0 Å². The summed E-state index contributed by atoms with van der Waals surface area (Å²) in [6, 6.07) is 16.5. The van der Waals surface area contributed by atoms with Crippen LogP contribution in [0.2, 0.25) is 5.02 Å². The number of benzene rings is 2. The Bertz CT molecular complexity index is 1010. The molecule has 4 heteroatoms. The number of hydrogen-bond acceptors (Lipinski definition) is 3. The average Bonchev–Trinajstić information content (AvgIpc) is 2.95. The van der Waals surface area contributed by atoms with Crippen LogP contribution in [0.4, 0.5) is 0 Å². The van der Waals surface area contributed by atoms with Gasteiger partial charge in [-0.25, -0.2) is 4.98 Å². The van der Waals surface area contributed by atoms with E-state index >= 15 is 0 Å². The number of aromatic nitrogens is 2. The molecule has 118 valence electrons. The fourth-order valence-electron chi connectivity index (χ4n) is 2.91. The molecule has 2 aromatic heterocycles. The number of aryl methyl sites for hydroxylation is 1. The van der Waals surface area contributed by atoms with Crippen molar-refractivity contribution in [2.45, 2.75) is 13.3 Å². The Morgan fingerprint density at radius 1 is 1.04 bits per heavy atom. The maximum atomic E-state index is 6.19. The van der Waals surface area contributed by atoms with Gasteiger partial charge in [0.05, 0.1) is 15.2 Å². The lowest BCUT2D eigenvalue weighted by Gasteiger charge is -2.08. The van der Waals surface area contributed by atoms with Gasteiger partial charge in [-0.2, -0.15) is 0 Å². The molecular formula is C20H15ClN2S. The Labute approximate surface area is 149 Å². The summed E-state index contributed by atoms with van der Waals surface area (Å²) in [5.74, 6) is 0. The molecule has 4 rings (SSSR count). The van der Waals surface area contributed by atoms with Gasteiger partial charge in [-0.3, -0.25) is 4.98 Å². The number of rotatable bonds is 3. The topological polar surface area (TPSA) is 25.8 Å². The van der Waals surface area contributed by atoms with E-state index < -0.39 is 0 Å². The first kappa shape index (κ1) is 15.3. The summed E-state index contributed by atoms with van der Waals surface area (Å²) in [5.41, 5.74) is 5.75. The Hall–Kier alpha value is -2.23. The fourth-order valence-corrected chi connectivity index (χ4v) is 4.02. The maximum Gasteiger partial charge on any atom is 0.0908 e. The molecular weight excluding hydrogens is 336 g/mol. The van der Waals surface area contributed by atoms with Crippen molar-refractivity contribution >= 4 is 33.2 Å². The molecule has 0 unspecified atom stereocenters. The lowest BCUT2D eigenvalue weighted by atomic mass is 9.98. The highest BCUT2D eigenvalue weighted by molar-refractivity contribution is 7.18. The molecule has 0 spiro atoms. The molecule has 0 aliphatic heterocycles. The predicted molar refractivity (Wildman–Crippen MR) is 102 cm³/mol. The molecule has 2 heterocycles. The molecule has 24 heavy (non-hydrogen) atoms. The number of thiazole rings is 1. The van der Waals surface area contributed by atoms with E-state index in [2.05, 4.69) is 29.2 Å². The third-order valence-electron chi connectivity index (χ3n) is 3.93. The van der Waals surface area contributed by atoms with Gasteiger partial charge in [0.1, 0.15) is 0 Å². The maximum absolute atomic E-state index is 6.19. The van der Waals surface area contributed by atoms with Gasteiger partial charge < -0.3 is 0 Å². The van der Waals surface area contributed by atoms with Crippen molar-refractivity contribution in [2.75, 3.05) is 0 Å². The van der Waals surface area contributed by atoms with Crippen LogP contribution >= 0.6 is 22.9 Å². The first-order valence-corrected chi connectivity index (χ1v) is 8.93. The van der Waals surface area contributed by atoms with Crippen molar-refractivity contribution < 1.29 is 0 Å². The van der Waals surface area contributed by atoms with Crippen LogP contribution in [0.25, 0.3) is 21.3 Å². The standard InChI is InChI=1S/C20H15ClN2S/c1-13-23-20-18(16-5-2-6-17(21)11-16)9-15(10-19(20)24-13)8-14-4-3-7-22-12-14/h2-7,9-12H,8H2,1H3. The number of nitrogens with zero attached hydrogens (tertiary/aromatic N) is 2. The Kier molecular flexibility index (Phi) is 4.05. The molecule has 4 aromatic rings. The van der Waals surface area contributed by atoms with Crippen LogP contribution in [0, 0.1) is 6.92 Å². The van der Waals surface area contributed by atoms with Gasteiger partial charge in [0, 0.05) is 23.0 Å². The van der Waals surface area contributed by atoms with Gasteiger partial charge in [-0.05, 0) is 60.4 Å². The first-order valence-electron chi connectivity index (χ1n) is 7.74. The van der Waals surface area contributed by atoms with E-state index in [1.54, 1.807) is 17.5 Å². The minimum atomic E-state index is 0.741. The van der Waals surface area contributed by atoms with Crippen LogP contribution < -0.4 is 0 Å². The molecule has 0 radical (unpaired) electrons. The van der Waals surface area contributed by atoms with Crippen LogP contribution in [-0.2, 0) is 6.42 Å². The number of hydrogen-bond donors (Lipinski definition) is 0. The van der Waals surface area contributed by atoms with Crippen LogP contribution in [0.1, 0.15) is 16.1 Å². The van der Waals surface area contributed by atoms with E-state index in [0.717, 1.165) is 33.1 Å². The van der Waals surface area contributed by atoms with E-state index in [1.165, 1.54) is 15.8 Å². The lowest BCUT2D eigenvalue weighted by Crippen LogP contribution is -1.91. The van der Waals surface area contributed by atoms with Crippen molar-refractivity contribution in [3.05, 3.63) is 82.1 Å². The van der Waals surface area contributed by atoms with Crippen molar-refractivity contribution in [1.29, 1.82) is 0 Å². The van der Waals surface area contributed by atoms with E-state index in [1.807, 2.05) is 37.4 Å². The molecule has 0 bridgehead atoms. The fraction of sp³-hybridized carbons (Fsp3) is 0.100. The summed E-state index contributed by atoms with van der Waals surface area (Å²) in [5, 5.41) is 1.82. The highest BCUT2D eigenvalue weighted by Gasteiger charge is 2.11. The minimum absolute atomic E-state index is 0.741. The summed E-state index contributed by atoms with van der Waals surface area (Å²) in [6.07, 6.45) is 4.58. The molecule has 0 aliphatic carbocycles. The highest BCUT2D eigenvalue weighted by atomic mass is 35.5. The minimum Gasteiger partial charge on any atom is -0.264 e. The largest absolute Gasteiger partial charge is 0.264 e. The Morgan fingerprint density at radius 3 is 2.75 bits per heavy atom. The SMILES string of the molecule is Cc1nc2c(-c3cccc(Cl)c3)cc(Cc3cccnc3)cc2s1. The molecule has 0 aliphatic rings. The highest BCUT2D eigenvalue weighted by Crippen LogP contribution is 2.34. The van der Waals surface area contributed by atoms with Crippen LogP contribution in [0.15, 0.2) is 60.9 Å². The molecule has 2 aromatic carbocycles.